The Bertz CT molecular complexity index is 1180. The second kappa shape index (κ2) is 11.3. The van der Waals surface area contributed by atoms with Crippen LogP contribution >= 0.6 is 0 Å². The number of carbonyl (C=O) groups is 2. The summed E-state index contributed by atoms with van der Waals surface area (Å²) in [5.74, 6) is -2.50. The smallest absolute Gasteiger partial charge is 0.271 e. The zero-order valence-electron chi connectivity index (χ0n) is 19.7. The van der Waals surface area contributed by atoms with Crippen molar-refractivity contribution >= 4 is 22.8 Å². The van der Waals surface area contributed by atoms with Gasteiger partial charge in [-0.2, -0.15) is 0 Å². The van der Waals surface area contributed by atoms with Crippen molar-refractivity contribution < 1.29 is 23.5 Å². The van der Waals surface area contributed by atoms with Gasteiger partial charge in [0.05, 0.1) is 29.4 Å². The third-order valence-electron chi connectivity index (χ3n) is 5.82. The molecule has 0 spiro atoms. The van der Waals surface area contributed by atoms with Crippen LogP contribution in [0.4, 0.5) is 8.78 Å². The molecule has 0 saturated carbocycles. The summed E-state index contributed by atoms with van der Waals surface area (Å²) in [5.41, 5.74) is 5.75. The van der Waals surface area contributed by atoms with Crippen molar-refractivity contribution in [3.05, 3.63) is 71.8 Å². The van der Waals surface area contributed by atoms with Gasteiger partial charge in [0.1, 0.15) is 17.2 Å². The number of halogens is 2. The number of aromatic nitrogens is 2. The number of aliphatic hydroxyl groups excluding tert-OH is 1. The molecule has 3 atom stereocenters. The lowest BCUT2D eigenvalue weighted by atomic mass is 9.88. The second-order valence-electron chi connectivity index (χ2n) is 9.32. The lowest BCUT2D eigenvalue weighted by Crippen LogP contribution is -2.46. The van der Waals surface area contributed by atoms with Gasteiger partial charge in [0.15, 0.2) is 0 Å². The lowest BCUT2D eigenvalue weighted by Gasteiger charge is -2.27. The van der Waals surface area contributed by atoms with E-state index in [-0.39, 0.29) is 31.4 Å². The fourth-order valence-electron chi connectivity index (χ4n) is 3.86. The number of aliphatic hydroxyl groups is 1. The zero-order chi connectivity index (χ0) is 25.6. The summed E-state index contributed by atoms with van der Waals surface area (Å²) in [5, 5.41) is 13.8. The molecule has 2 aromatic carbocycles. The normalized spacial score (nSPS) is 14.3. The summed E-state index contributed by atoms with van der Waals surface area (Å²) < 4.78 is 27.7. The first kappa shape index (κ1) is 26.2. The molecule has 3 rings (SSSR count). The highest BCUT2D eigenvalue weighted by Gasteiger charge is 2.29. The van der Waals surface area contributed by atoms with Gasteiger partial charge >= 0.3 is 0 Å². The summed E-state index contributed by atoms with van der Waals surface area (Å²) in [6.07, 6.45) is 0.351. The van der Waals surface area contributed by atoms with Crippen LogP contribution in [0.1, 0.15) is 49.2 Å². The standard InChI is InChI=1S/C26H30F2N4O3/c1-26(2,28)11-10-17(24(29)34)14-23(33)21(13-16-6-5-7-18(27)12-16)32-25(35)22-15-30-19-8-3-4-9-20(19)31-22/h3-9,12,15,17,21,23,33H,10-11,13-14H2,1-2H3,(H2,29,34)(H,32,35)/t17-,21+,23+/m1/s1. The summed E-state index contributed by atoms with van der Waals surface area (Å²) in [6.45, 7) is 2.80. The third-order valence-corrected chi connectivity index (χ3v) is 5.82. The molecule has 7 nitrogen and oxygen atoms in total. The molecule has 9 heteroatoms. The van der Waals surface area contributed by atoms with Gasteiger partial charge in [-0.1, -0.05) is 24.3 Å². The number of hydrogen-bond donors (Lipinski definition) is 3. The number of para-hydroxylation sites is 2. The van der Waals surface area contributed by atoms with Crippen molar-refractivity contribution in [3.8, 4) is 0 Å². The Morgan fingerprint density at radius 1 is 1.14 bits per heavy atom. The molecule has 0 aliphatic carbocycles. The van der Waals surface area contributed by atoms with Gasteiger partial charge in [-0.15, -0.1) is 0 Å². The molecule has 3 aromatic rings. The van der Waals surface area contributed by atoms with Crippen LogP contribution in [0.2, 0.25) is 0 Å². The van der Waals surface area contributed by atoms with Crippen LogP contribution in [-0.2, 0) is 11.2 Å². The number of nitrogens with one attached hydrogen (secondary N) is 1. The summed E-state index contributed by atoms with van der Waals surface area (Å²) in [6, 6.07) is 12.0. The number of benzene rings is 2. The Hall–Kier alpha value is -3.46. The third kappa shape index (κ3) is 7.78. The van der Waals surface area contributed by atoms with Gasteiger partial charge < -0.3 is 16.2 Å². The van der Waals surface area contributed by atoms with Crippen molar-refractivity contribution in [2.75, 3.05) is 0 Å². The van der Waals surface area contributed by atoms with E-state index in [1.807, 2.05) is 0 Å². The monoisotopic (exact) mass is 484 g/mol. The van der Waals surface area contributed by atoms with Crippen molar-refractivity contribution in [1.29, 1.82) is 0 Å². The number of fused-ring (bicyclic) bond motifs is 1. The second-order valence-corrected chi connectivity index (χ2v) is 9.32. The fourth-order valence-corrected chi connectivity index (χ4v) is 3.86. The molecule has 0 saturated heterocycles. The van der Waals surface area contributed by atoms with Gasteiger partial charge in [0, 0.05) is 5.92 Å². The molecule has 4 N–H and O–H groups in total. The van der Waals surface area contributed by atoms with Gasteiger partial charge in [-0.05, 0) is 69.4 Å². The Balaban J connectivity index is 1.81. The molecule has 2 amide bonds. The number of alkyl halides is 1. The van der Waals surface area contributed by atoms with Gasteiger partial charge in [-0.3, -0.25) is 14.6 Å². The number of nitrogens with zero attached hydrogens (tertiary/aromatic N) is 2. The van der Waals surface area contributed by atoms with Crippen molar-refractivity contribution in [2.45, 2.75) is 57.3 Å². The maximum absolute atomic E-state index is 14.0. The number of hydrogen-bond acceptors (Lipinski definition) is 5. The quantitative estimate of drug-likeness (QED) is 0.385. The SMILES string of the molecule is CC(C)(F)CC[C@H](C[C@H](O)[C@H](Cc1cccc(F)c1)NC(=O)c1cnc2ccccc2n1)C(N)=O. The zero-order valence-corrected chi connectivity index (χ0v) is 19.7. The average Bonchev–Trinajstić information content (AvgIpc) is 2.80. The molecule has 0 bridgehead atoms. The van der Waals surface area contributed by atoms with Crippen LogP contribution in [-0.4, -0.2) is 44.7 Å². The molecule has 0 aliphatic heterocycles. The highest BCUT2D eigenvalue weighted by Crippen LogP contribution is 2.24. The van der Waals surface area contributed by atoms with E-state index in [1.165, 1.54) is 38.2 Å². The maximum Gasteiger partial charge on any atom is 0.271 e. The number of carbonyl (C=O) groups excluding carboxylic acids is 2. The first-order chi connectivity index (χ1) is 16.5. The molecule has 0 unspecified atom stereocenters. The topological polar surface area (TPSA) is 118 Å². The summed E-state index contributed by atoms with van der Waals surface area (Å²) >= 11 is 0. The van der Waals surface area contributed by atoms with E-state index >= 15 is 0 Å². The van der Waals surface area contributed by atoms with Gasteiger partial charge in [-0.25, -0.2) is 13.8 Å². The Labute approximate surface area is 202 Å². The van der Waals surface area contributed by atoms with Crippen LogP contribution < -0.4 is 11.1 Å². The number of amides is 2. The van der Waals surface area contributed by atoms with Crippen LogP contribution in [0.15, 0.2) is 54.7 Å². The van der Waals surface area contributed by atoms with E-state index < -0.39 is 41.4 Å². The largest absolute Gasteiger partial charge is 0.391 e. The van der Waals surface area contributed by atoms with Crippen LogP contribution in [0.3, 0.4) is 0 Å². The first-order valence-electron chi connectivity index (χ1n) is 11.5. The molecule has 0 aliphatic rings. The molecule has 0 fully saturated rings. The molecule has 0 radical (unpaired) electrons. The van der Waals surface area contributed by atoms with E-state index in [9.17, 15) is 23.5 Å². The minimum absolute atomic E-state index is 0.0470. The Morgan fingerprint density at radius 2 is 1.86 bits per heavy atom. The van der Waals surface area contributed by atoms with E-state index in [2.05, 4.69) is 15.3 Å². The van der Waals surface area contributed by atoms with Gasteiger partial charge in [0.25, 0.3) is 5.91 Å². The molecule has 1 aromatic heterocycles. The molecule has 35 heavy (non-hydrogen) atoms. The molecular formula is C26H30F2N4O3. The predicted molar refractivity (Wildman–Crippen MR) is 129 cm³/mol. The number of nitrogens with two attached hydrogens (primary N) is 1. The fraction of sp³-hybridized carbons (Fsp3) is 0.385. The van der Waals surface area contributed by atoms with Gasteiger partial charge in [0.2, 0.25) is 5.91 Å². The van der Waals surface area contributed by atoms with Crippen molar-refractivity contribution in [3.63, 3.8) is 0 Å². The molecular weight excluding hydrogens is 454 g/mol. The predicted octanol–water partition coefficient (Wildman–Crippen LogP) is 3.49. The van der Waals surface area contributed by atoms with Crippen molar-refractivity contribution in [1.82, 2.24) is 15.3 Å². The van der Waals surface area contributed by atoms with E-state index in [0.717, 1.165) is 0 Å². The maximum atomic E-state index is 14.0. The summed E-state index contributed by atoms with van der Waals surface area (Å²) in [4.78, 5) is 33.5. The Morgan fingerprint density at radius 3 is 2.51 bits per heavy atom. The van der Waals surface area contributed by atoms with Crippen LogP contribution in [0.5, 0.6) is 0 Å². The van der Waals surface area contributed by atoms with E-state index in [0.29, 0.717) is 16.6 Å². The van der Waals surface area contributed by atoms with Crippen LogP contribution in [0.25, 0.3) is 11.0 Å². The number of rotatable bonds is 11. The first-order valence-corrected chi connectivity index (χ1v) is 11.5. The Kier molecular flexibility index (Phi) is 8.45. The highest BCUT2D eigenvalue weighted by molar-refractivity contribution is 5.94. The van der Waals surface area contributed by atoms with Crippen molar-refractivity contribution in [2.24, 2.45) is 11.7 Å². The van der Waals surface area contributed by atoms with E-state index in [4.69, 9.17) is 5.73 Å². The van der Waals surface area contributed by atoms with Crippen LogP contribution in [0, 0.1) is 11.7 Å². The lowest BCUT2D eigenvalue weighted by molar-refractivity contribution is -0.123. The van der Waals surface area contributed by atoms with E-state index in [1.54, 1.807) is 30.3 Å². The highest BCUT2D eigenvalue weighted by atomic mass is 19.1. The minimum atomic E-state index is -1.50. The molecule has 1 heterocycles. The number of primary amides is 1. The minimum Gasteiger partial charge on any atom is -0.391 e. The average molecular weight is 485 g/mol. The molecule has 186 valence electrons. The summed E-state index contributed by atoms with van der Waals surface area (Å²) in [7, 11) is 0.